The molecular formula is C33H32N8O. The number of nitrogens with zero attached hydrogens (tertiary/aromatic N) is 7. The number of methoxy groups -OCH3 is 1. The van der Waals surface area contributed by atoms with E-state index in [4.69, 9.17) is 15.0 Å². The second kappa shape index (κ2) is 12.2. The van der Waals surface area contributed by atoms with Crippen LogP contribution in [0.1, 0.15) is 24.2 Å². The molecule has 1 N–H and O–H groups in total. The van der Waals surface area contributed by atoms with E-state index >= 15 is 0 Å². The van der Waals surface area contributed by atoms with Gasteiger partial charge in [0.15, 0.2) is 0 Å². The fraction of sp³-hybridized carbons (Fsp3) is 0.242. The Morgan fingerprint density at radius 3 is 2.48 bits per heavy atom. The number of benzene rings is 2. The third kappa shape index (κ3) is 5.71. The number of rotatable bonds is 8. The molecule has 1 aliphatic rings. The Morgan fingerprint density at radius 2 is 1.74 bits per heavy atom. The number of nitrogens with one attached hydrogen (secondary N) is 1. The van der Waals surface area contributed by atoms with Crippen molar-refractivity contribution in [1.29, 1.82) is 5.26 Å². The summed E-state index contributed by atoms with van der Waals surface area (Å²) in [5, 5.41) is 12.5. The minimum Gasteiger partial charge on any atom is -0.496 e. The number of anilines is 1. The van der Waals surface area contributed by atoms with Gasteiger partial charge in [0.2, 0.25) is 5.82 Å². The van der Waals surface area contributed by atoms with E-state index in [-0.39, 0.29) is 5.82 Å². The van der Waals surface area contributed by atoms with E-state index in [9.17, 15) is 0 Å². The van der Waals surface area contributed by atoms with Crippen molar-refractivity contribution in [2.75, 3.05) is 25.5 Å². The third-order valence-corrected chi connectivity index (χ3v) is 7.71. The largest absolute Gasteiger partial charge is 0.496 e. The van der Waals surface area contributed by atoms with Crippen LogP contribution in [0.15, 0.2) is 85.3 Å². The fourth-order valence-corrected chi connectivity index (χ4v) is 5.56. The highest BCUT2D eigenvalue weighted by Gasteiger charge is 2.22. The predicted molar refractivity (Wildman–Crippen MR) is 163 cm³/mol. The molecule has 0 aliphatic carbocycles. The molecule has 4 heterocycles. The first-order valence-electron chi connectivity index (χ1n) is 14.0. The quantitative estimate of drug-likeness (QED) is 0.265. The minimum absolute atomic E-state index is 0.190. The molecule has 0 amide bonds. The molecule has 9 heteroatoms. The van der Waals surface area contributed by atoms with Gasteiger partial charge in [-0.3, -0.25) is 9.88 Å². The van der Waals surface area contributed by atoms with Crippen molar-refractivity contribution in [3.8, 4) is 45.7 Å². The van der Waals surface area contributed by atoms with Crippen LogP contribution in [0.2, 0.25) is 0 Å². The molecule has 0 spiro atoms. The highest BCUT2D eigenvalue weighted by Crippen LogP contribution is 2.37. The van der Waals surface area contributed by atoms with E-state index in [2.05, 4.69) is 78.3 Å². The van der Waals surface area contributed by atoms with E-state index in [1.54, 1.807) is 25.7 Å². The number of ether oxygens (including phenoxy) is 1. The normalized spacial score (nSPS) is 13.9. The second-order valence-corrected chi connectivity index (χ2v) is 10.4. The van der Waals surface area contributed by atoms with Crippen LogP contribution in [0.4, 0.5) is 5.82 Å². The van der Waals surface area contributed by atoms with Crippen molar-refractivity contribution >= 4 is 5.82 Å². The van der Waals surface area contributed by atoms with Gasteiger partial charge >= 0.3 is 0 Å². The maximum absolute atomic E-state index is 9.05. The van der Waals surface area contributed by atoms with Crippen LogP contribution in [-0.2, 0) is 13.6 Å². The zero-order chi connectivity index (χ0) is 28.9. The van der Waals surface area contributed by atoms with Crippen LogP contribution < -0.4 is 10.1 Å². The van der Waals surface area contributed by atoms with Crippen LogP contribution >= 0.6 is 0 Å². The van der Waals surface area contributed by atoms with Crippen molar-refractivity contribution in [2.45, 2.75) is 25.4 Å². The first kappa shape index (κ1) is 27.1. The molecular weight excluding hydrogens is 524 g/mol. The van der Waals surface area contributed by atoms with Crippen molar-refractivity contribution in [1.82, 2.24) is 29.4 Å². The molecule has 1 fully saturated rings. The summed E-state index contributed by atoms with van der Waals surface area (Å²) in [6, 6.07) is 25.1. The summed E-state index contributed by atoms with van der Waals surface area (Å²) in [5.74, 6) is 2.45. The molecule has 0 unspecified atom stereocenters. The first-order valence-corrected chi connectivity index (χ1v) is 14.0. The summed E-state index contributed by atoms with van der Waals surface area (Å²) in [5.41, 5.74) is 6.25. The molecule has 42 heavy (non-hydrogen) atoms. The van der Waals surface area contributed by atoms with E-state index in [1.165, 1.54) is 5.56 Å². The Balaban J connectivity index is 1.19. The number of hydrogen-bond acceptors (Lipinski definition) is 8. The highest BCUT2D eigenvalue weighted by molar-refractivity contribution is 5.83. The number of aromatic nitrogens is 5. The number of piperidine rings is 1. The number of hydrogen-bond donors (Lipinski definition) is 1. The van der Waals surface area contributed by atoms with Crippen LogP contribution in [0.5, 0.6) is 5.75 Å². The summed E-state index contributed by atoms with van der Waals surface area (Å²) in [7, 11) is 3.71. The second-order valence-electron chi connectivity index (χ2n) is 10.4. The summed E-state index contributed by atoms with van der Waals surface area (Å²) in [6.45, 7) is 2.87. The monoisotopic (exact) mass is 556 g/mol. The van der Waals surface area contributed by atoms with Crippen LogP contribution in [0.25, 0.3) is 33.9 Å². The van der Waals surface area contributed by atoms with Crippen LogP contribution in [0.3, 0.4) is 0 Å². The van der Waals surface area contributed by atoms with E-state index in [0.29, 0.717) is 11.9 Å². The zero-order valence-electron chi connectivity index (χ0n) is 23.7. The maximum atomic E-state index is 9.05. The highest BCUT2D eigenvalue weighted by atomic mass is 16.5. The van der Waals surface area contributed by atoms with Gasteiger partial charge < -0.3 is 14.6 Å². The number of imidazole rings is 1. The van der Waals surface area contributed by atoms with E-state index in [0.717, 1.165) is 72.1 Å². The summed E-state index contributed by atoms with van der Waals surface area (Å²) in [6.07, 6.45) is 7.18. The van der Waals surface area contributed by atoms with Gasteiger partial charge in [-0.05, 0) is 30.5 Å². The van der Waals surface area contributed by atoms with Gasteiger partial charge in [0.05, 0.1) is 24.1 Å². The number of pyridine rings is 1. The summed E-state index contributed by atoms with van der Waals surface area (Å²) >= 11 is 0. The lowest BCUT2D eigenvalue weighted by Gasteiger charge is -2.32. The SMILES string of the molecule is COc1ccncc1-c1nc(-c2ccc(CN3CCC(Nc4ccnc(C#N)n4)CC3)cc2)c(-c2ccccc2)n1C. The molecule has 3 aromatic heterocycles. The fourth-order valence-electron chi connectivity index (χ4n) is 5.56. The van der Waals surface area contributed by atoms with Gasteiger partial charge in [-0.1, -0.05) is 54.6 Å². The first-order chi connectivity index (χ1) is 20.6. The molecule has 1 saturated heterocycles. The molecule has 5 aromatic rings. The molecule has 6 rings (SSSR count). The van der Waals surface area contributed by atoms with Crippen molar-refractivity contribution in [2.24, 2.45) is 7.05 Å². The van der Waals surface area contributed by atoms with E-state index < -0.39 is 0 Å². The molecule has 0 saturated carbocycles. The van der Waals surface area contributed by atoms with Crippen LogP contribution in [0, 0.1) is 11.3 Å². The Kier molecular flexibility index (Phi) is 7.88. The Hall–Kier alpha value is -5.07. The van der Waals surface area contributed by atoms with Crippen molar-refractivity contribution in [3.05, 3.63) is 96.7 Å². The average Bonchev–Trinajstić information content (AvgIpc) is 3.39. The third-order valence-electron chi connectivity index (χ3n) is 7.71. The zero-order valence-corrected chi connectivity index (χ0v) is 23.7. The molecule has 9 nitrogen and oxygen atoms in total. The molecule has 1 aliphatic heterocycles. The Labute approximate surface area is 245 Å². The number of likely N-dealkylation sites (tertiary alicyclic amines) is 1. The van der Waals surface area contributed by atoms with E-state index in [1.807, 2.05) is 31.3 Å². The lowest BCUT2D eigenvalue weighted by atomic mass is 10.0. The topological polar surface area (TPSA) is 105 Å². The van der Waals surface area contributed by atoms with Gasteiger partial charge in [0, 0.05) is 62.4 Å². The minimum atomic E-state index is 0.190. The van der Waals surface area contributed by atoms with Gasteiger partial charge in [0.25, 0.3) is 0 Å². The maximum Gasteiger partial charge on any atom is 0.234 e. The van der Waals surface area contributed by atoms with Crippen molar-refractivity contribution < 1.29 is 4.74 Å². The van der Waals surface area contributed by atoms with Crippen LogP contribution in [-0.4, -0.2) is 55.6 Å². The number of nitriles is 1. The molecule has 2 aromatic carbocycles. The lowest BCUT2D eigenvalue weighted by Crippen LogP contribution is -2.38. The van der Waals surface area contributed by atoms with Crippen molar-refractivity contribution in [3.63, 3.8) is 0 Å². The smallest absolute Gasteiger partial charge is 0.234 e. The molecule has 0 atom stereocenters. The Bertz CT molecular complexity index is 1700. The van der Waals surface area contributed by atoms with Gasteiger partial charge in [-0.15, -0.1) is 0 Å². The van der Waals surface area contributed by atoms with Gasteiger partial charge in [-0.25, -0.2) is 15.0 Å². The molecule has 210 valence electrons. The Morgan fingerprint density at radius 1 is 0.952 bits per heavy atom. The predicted octanol–water partition coefficient (Wildman–Crippen LogP) is 5.56. The lowest BCUT2D eigenvalue weighted by molar-refractivity contribution is 0.211. The summed E-state index contributed by atoms with van der Waals surface area (Å²) < 4.78 is 7.75. The van der Waals surface area contributed by atoms with Gasteiger partial charge in [0.1, 0.15) is 23.5 Å². The standard InChI is InChI=1S/C33H32N8O/c1-40-32(25-6-4-3-5-7-25)31(39-33(40)27-21-35-16-12-28(27)42-2)24-10-8-23(9-11-24)22-41-18-14-26(15-19-41)37-29-13-17-36-30(20-34)38-29/h3-13,16-17,21,26H,14-15,18-19,22H2,1-2H3,(H,36,37,38). The van der Waals surface area contributed by atoms with Gasteiger partial charge in [-0.2, -0.15) is 5.26 Å². The summed E-state index contributed by atoms with van der Waals surface area (Å²) in [4.78, 5) is 20.2. The molecule has 0 radical (unpaired) electrons. The molecule has 0 bridgehead atoms. The average molecular weight is 557 g/mol.